The van der Waals surface area contributed by atoms with E-state index in [4.69, 9.17) is 0 Å². The van der Waals surface area contributed by atoms with Crippen LogP contribution in [0.3, 0.4) is 0 Å². The zero-order valence-electron chi connectivity index (χ0n) is 8.53. The minimum Gasteiger partial charge on any atom is -0.337 e. The molecule has 0 radical (unpaired) electrons. The first-order valence-corrected chi connectivity index (χ1v) is 6.65. The van der Waals surface area contributed by atoms with Gasteiger partial charge in [0.05, 0.1) is 16.8 Å². The van der Waals surface area contributed by atoms with Gasteiger partial charge in [0.15, 0.2) is 5.82 Å². The van der Waals surface area contributed by atoms with Crippen LogP contribution in [-0.4, -0.2) is 26.7 Å². The molecule has 1 aromatic heterocycles. The quantitative estimate of drug-likeness (QED) is 0.850. The molecule has 17 heavy (non-hydrogen) atoms. The number of halogens is 1. The molecule has 0 spiro atoms. The standard InChI is InChI=1S/C10H7BrN4OS/c11-5-1-2-6-7(3-5)13-9(12-6)8-4-17-10(16)15-14-8/h1-3H,4H2,(H,12,13)(H,15,16). The summed E-state index contributed by atoms with van der Waals surface area (Å²) in [5, 5.41) is 3.86. The third kappa shape index (κ3) is 2.07. The predicted molar refractivity (Wildman–Crippen MR) is 71.3 cm³/mol. The lowest BCUT2D eigenvalue weighted by Gasteiger charge is -2.08. The Balaban J connectivity index is 2.03. The second-order valence-corrected chi connectivity index (χ2v) is 5.36. The van der Waals surface area contributed by atoms with Gasteiger partial charge in [0.2, 0.25) is 0 Å². The first-order chi connectivity index (χ1) is 8.22. The van der Waals surface area contributed by atoms with E-state index in [-0.39, 0.29) is 5.24 Å². The first-order valence-electron chi connectivity index (χ1n) is 4.87. The zero-order chi connectivity index (χ0) is 11.8. The molecule has 2 heterocycles. The molecular weight excluding hydrogens is 304 g/mol. The number of amides is 1. The molecule has 1 aliphatic rings. The number of fused-ring (bicyclic) bond motifs is 1. The van der Waals surface area contributed by atoms with Gasteiger partial charge in [0.1, 0.15) is 5.71 Å². The van der Waals surface area contributed by atoms with Gasteiger partial charge in [-0.3, -0.25) is 4.79 Å². The van der Waals surface area contributed by atoms with Crippen molar-refractivity contribution >= 4 is 49.7 Å². The third-order valence-corrected chi connectivity index (χ3v) is 3.60. The lowest BCUT2D eigenvalue weighted by molar-refractivity contribution is 0.261. The van der Waals surface area contributed by atoms with Gasteiger partial charge in [-0.2, -0.15) is 5.10 Å². The molecule has 1 aromatic carbocycles. The molecular formula is C10H7BrN4OS. The number of aromatic amines is 1. The lowest BCUT2D eigenvalue weighted by Crippen LogP contribution is -2.24. The Labute approximate surface area is 109 Å². The third-order valence-electron chi connectivity index (χ3n) is 2.34. The first kappa shape index (κ1) is 10.8. The van der Waals surface area contributed by atoms with E-state index in [2.05, 4.69) is 36.4 Å². The summed E-state index contributed by atoms with van der Waals surface area (Å²) >= 11 is 4.59. The molecule has 0 aliphatic carbocycles. The van der Waals surface area contributed by atoms with Gasteiger partial charge < -0.3 is 4.98 Å². The maximum Gasteiger partial charge on any atom is 0.299 e. The number of nitrogens with one attached hydrogen (secondary N) is 2. The Kier molecular flexibility index (Phi) is 2.64. The molecule has 86 valence electrons. The summed E-state index contributed by atoms with van der Waals surface area (Å²) in [6.07, 6.45) is 0. The van der Waals surface area contributed by atoms with Gasteiger partial charge in [-0.15, -0.1) is 0 Å². The molecule has 2 N–H and O–H groups in total. The second kappa shape index (κ2) is 4.15. The van der Waals surface area contributed by atoms with Gasteiger partial charge in [-0.1, -0.05) is 27.7 Å². The van der Waals surface area contributed by atoms with Crippen LogP contribution in [0.5, 0.6) is 0 Å². The molecule has 0 bridgehead atoms. The molecule has 2 aromatic rings. The minimum atomic E-state index is -0.132. The van der Waals surface area contributed by atoms with E-state index in [0.717, 1.165) is 21.2 Å². The highest BCUT2D eigenvalue weighted by molar-refractivity contribution is 9.10. The number of hydrazone groups is 1. The van der Waals surface area contributed by atoms with Gasteiger partial charge in [0, 0.05) is 4.47 Å². The molecule has 1 amide bonds. The fraction of sp³-hybridized carbons (Fsp3) is 0.100. The van der Waals surface area contributed by atoms with Crippen LogP contribution in [0, 0.1) is 0 Å². The van der Waals surface area contributed by atoms with Crippen LogP contribution in [0.25, 0.3) is 11.0 Å². The topological polar surface area (TPSA) is 70.1 Å². The molecule has 0 unspecified atom stereocenters. The van der Waals surface area contributed by atoms with Crippen molar-refractivity contribution in [2.75, 3.05) is 5.75 Å². The number of hydrogen-bond acceptors (Lipinski definition) is 4. The lowest BCUT2D eigenvalue weighted by atomic mass is 10.3. The Bertz CT molecular complexity index is 636. The molecule has 0 fully saturated rings. The zero-order valence-corrected chi connectivity index (χ0v) is 10.9. The number of aromatic nitrogens is 2. The van der Waals surface area contributed by atoms with Gasteiger partial charge >= 0.3 is 0 Å². The van der Waals surface area contributed by atoms with E-state index in [9.17, 15) is 4.79 Å². The predicted octanol–water partition coefficient (Wildman–Crippen LogP) is 2.49. The summed E-state index contributed by atoms with van der Waals surface area (Å²) < 4.78 is 0.994. The maximum atomic E-state index is 11.0. The van der Waals surface area contributed by atoms with Crippen LogP contribution in [0.4, 0.5) is 4.79 Å². The van der Waals surface area contributed by atoms with Crippen molar-refractivity contribution in [1.29, 1.82) is 0 Å². The van der Waals surface area contributed by atoms with Crippen LogP contribution in [-0.2, 0) is 0 Å². The van der Waals surface area contributed by atoms with Gasteiger partial charge in [0.25, 0.3) is 5.24 Å². The summed E-state index contributed by atoms with van der Waals surface area (Å²) in [6.45, 7) is 0. The smallest absolute Gasteiger partial charge is 0.299 e. The number of H-pyrrole nitrogens is 1. The average molecular weight is 311 g/mol. The number of thioether (sulfide) groups is 1. The van der Waals surface area contributed by atoms with E-state index in [1.165, 1.54) is 11.8 Å². The van der Waals surface area contributed by atoms with Crippen LogP contribution < -0.4 is 5.43 Å². The fourth-order valence-electron chi connectivity index (χ4n) is 1.55. The van der Waals surface area contributed by atoms with Crippen LogP contribution in [0.15, 0.2) is 27.8 Å². The van der Waals surface area contributed by atoms with Crippen molar-refractivity contribution in [2.45, 2.75) is 0 Å². The Morgan fingerprint density at radius 1 is 1.41 bits per heavy atom. The average Bonchev–Trinajstić information content (AvgIpc) is 2.72. The molecule has 5 nitrogen and oxygen atoms in total. The van der Waals surface area contributed by atoms with E-state index in [1.54, 1.807) is 0 Å². The molecule has 3 rings (SSSR count). The van der Waals surface area contributed by atoms with Gasteiger partial charge in [-0.25, -0.2) is 10.4 Å². The molecule has 0 saturated carbocycles. The van der Waals surface area contributed by atoms with Crippen LogP contribution >= 0.6 is 27.7 Å². The molecule has 0 saturated heterocycles. The number of carbonyl (C=O) groups excluding carboxylic acids is 1. The normalized spacial score (nSPS) is 15.8. The van der Waals surface area contributed by atoms with Crippen molar-refractivity contribution < 1.29 is 4.79 Å². The van der Waals surface area contributed by atoms with Crippen molar-refractivity contribution in [1.82, 2.24) is 15.4 Å². The fourth-order valence-corrected chi connectivity index (χ4v) is 2.49. The highest BCUT2D eigenvalue weighted by atomic mass is 79.9. The molecule has 7 heteroatoms. The van der Waals surface area contributed by atoms with Crippen LogP contribution in [0.1, 0.15) is 5.82 Å². The number of imidazole rings is 1. The Morgan fingerprint density at radius 2 is 2.29 bits per heavy atom. The van der Waals surface area contributed by atoms with Crippen molar-refractivity contribution in [3.63, 3.8) is 0 Å². The molecule has 1 aliphatic heterocycles. The highest BCUT2D eigenvalue weighted by Gasteiger charge is 2.16. The van der Waals surface area contributed by atoms with Crippen molar-refractivity contribution in [3.8, 4) is 0 Å². The van der Waals surface area contributed by atoms with E-state index in [0.29, 0.717) is 11.6 Å². The number of hydrogen-bond donors (Lipinski definition) is 2. The summed E-state index contributed by atoms with van der Waals surface area (Å²) in [4.78, 5) is 18.6. The maximum absolute atomic E-state index is 11.0. The van der Waals surface area contributed by atoms with Crippen molar-refractivity contribution in [2.24, 2.45) is 5.10 Å². The Hall–Kier alpha value is -1.34. The summed E-state index contributed by atoms with van der Waals surface area (Å²) in [7, 11) is 0. The summed E-state index contributed by atoms with van der Waals surface area (Å²) in [5.74, 6) is 1.23. The Morgan fingerprint density at radius 3 is 3.06 bits per heavy atom. The molecule has 0 atom stereocenters. The number of benzene rings is 1. The van der Waals surface area contributed by atoms with Crippen LogP contribution in [0.2, 0.25) is 0 Å². The number of nitrogens with zero attached hydrogens (tertiary/aromatic N) is 2. The van der Waals surface area contributed by atoms with Gasteiger partial charge in [-0.05, 0) is 18.2 Å². The number of rotatable bonds is 1. The summed E-state index contributed by atoms with van der Waals surface area (Å²) in [5.41, 5.74) is 5.01. The van der Waals surface area contributed by atoms with Crippen molar-refractivity contribution in [3.05, 3.63) is 28.5 Å². The van der Waals surface area contributed by atoms with E-state index < -0.39 is 0 Å². The SMILES string of the molecule is O=C1NN=C(c2nc3ccc(Br)cc3[nH]2)CS1. The number of carbonyl (C=O) groups is 1. The minimum absolute atomic E-state index is 0.132. The van der Waals surface area contributed by atoms with E-state index in [1.807, 2.05) is 18.2 Å². The highest BCUT2D eigenvalue weighted by Crippen LogP contribution is 2.19. The second-order valence-electron chi connectivity index (χ2n) is 3.49. The summed E-state index contributed by atoms with van der Waals surface area (Å²) in [6, 6.07) is 5.82. The van der Waals surface area contributed by atoms with E-state index >= 15 is 0 Å². The largest absolute Gasteiger partial charge is 0.337 e. The monoisotopic (exact) mass is 310 g/mol.